The van der Waals surface area contributed by atoms with E-state index in [0.717, 1.165) is 106 Å². The topological polar surface area (TPSA) is 57.4 Å². The minimum atomic E-state index is 0.872. The van der Waals surface area contributed by atoms with Crippen molar-refractivity contribution in [2.75, 3.05) is 0 Å². The second kappa shape index (κ2) is 13.9. The molecule has 0 unspecified atom stereocenters. The lowest BCUT2D eigenvalue weighted by atomic mass is 9.99. The van der Waals surface area contributed by atoms with Gasteiger partial charge < -0.3 is 9.97 Å². The Bertz CT molecular complexity index is 2760. The summed E-state index contributed by atoms with van der Waals surface area (Å²) in [5, 5.41) is 0. The summed E-state index contributed by atoms with van der Waals surface area (Å²) in [7, 11) is 0. The normalized spacial score (nSPS) is 12.1. The zero-order valence-corrected chi connectivity index (χ0v) is 34.2. The van der Waals surface area contributed by atoms with Gasteiger partial charge >= 0.3 is 0 Å². The molecule has 5 heterocycles. The number of hydrogen-bond acceptors (Lipinski definition) is 2. The molecule has 2 aliphatic rings. The summed E-state index contributed by atoms with van der Waals surface area (Å²) in [6.45, 7) is 0. The summed E-state index contributed by atoms with van der Waals surface area (Å²) < 4.78 is 4.14. The average molecular weight is 977 g/mol. The highest BCUT2D eigenvalue weighted by Gasteiger charge is 2.17. The van der Waals surface area contributed by atoms with E-state index in [2.05, 4.69) is 226 Å². The Balaban J connectivity index is 1.37. The largest absolute Gasteiger partial charge is 0.354 e. The molecule has 250 valence electrons. The minimum absolute atomic E-state index is 0.872. The Morgan fingerprint density at radius 1 is 0.462 bits per heavy atom. The first kappa shape index (κ1) is 33.5. The Morgan fingerprint density at radius 3 is 1.63 bits per heavy atom. The summed E-state index contributed by atoms with van der Waals surface area (Å²) >= 11 is 13.3. The number of hydrogen-bond donors (Lipinski definition) is 2. The summed E-state index contributed by atoms with van der Waals surface area (Å²) in [5.41, 5.74) is 16.2. The van der Waals surface area contributed by atoms with Gasteiger partial charge in [0.2, 0.25) is 0 Å². The predicted octanol–water partition coefficient (Wildman–Crippen LogP) is 14.2. The van der Waals surface area contributed by atoms with Crippen LogP contribution in [-0.4, -0.2) is 19.9 Å². The number of nitrogens with one attached hydrogen (secondary N) is 2. The van der Waals surface area contributed by atoms with Crippen LogP contribution in [-0.2, 0) is 0 Å². The quantitative estimate of drug-likeness (QED) is 0.173. The van der Waals surface area contributed by atoms with Gasteiger partial charge in [-0.2, -0.15) is 0 Å². The van der Waals surface area contributed by atoms with Crippen molar-refractivity contribution in [2.24, 2.45) is 0 Å². The third-order valence-corrected chi connectivity index (χ3v) is 11.9. The Kier molecular flexibility index (Phi) is 8.95. The Hall–Kier alpha value is -4.35. The van der Waals surface area contributed by atoms with Gasteiger partial charge in [0.15, 0.2) is 0 Å². The summed E-state index contributed by atoms with van der Waals surface area (Å²) in [4.78, 5) is 18.0. The van der Waals surface area contributed by atoms with E-state index in [1.54, 1.807) is 0 Å². The van der Waals surface area contributed by atoms with E-state index in [0.29, 0.717) is 0 Å². The first-order valence-electron chi connectivity index (χ1n) is 16.6. The van der Waals surface area contributed by atoms with Crippen LogP contribution in [0.25, 0.3) is 90.9 Å². The molecule has 0 fully saturated rings. The number of nitrogens with zero attached hydrogens (tertiary/aromatic N) is 2. The first-order valence-corrected chi connectivity index (χ1v) is 20.0. The Morgan fingerprint density at radius 2 is 1.00 bits per heavy atom. The van der Waals surface area contributed by atoms with Crippen molar-refractivity contribution in [3.8, 4) is 44.5 Å². The highest BCUT2D eigenvalue weighted by atomic mass is 127. The third kappa shape index (κ3) is 6.46. The van der Waals surface area contributed by atoms with Crippen molar-refractivity contribution < 1.29 is 0 Å². The van der Waals surface area contributed by atoms with Crippen molar-refractivity contribution in [1.29, 1.82) is 0 Å². The van der Waals surface area contributed by atoms with Crippen molar-refractivity contribution >= 4 is 117 Å². The van der Waals surface area contributed by atoms with Crippen molar-refractivity contribution in [1.82, 2.24) is 19.9 Å². The average Bonchev–Trinajstić information content (AvgIpc) is 3.99. The highest BCUT2D eigenvalue weighted by Crippen LogP contribution is 2.37. The maximum atomic E-state index is 5.30. The van der Waals surface area contributed by atoms with Gasteiger partial charge in [0.1, 0.15) is 0 Å². The molecule has 3 aromatic heterocycles. The van der Waals surface area contributed by atoms with E-state index < -0.39 is 0 Å². The van der Waals surface area contributed by atoms with Crippen molar-refractivity contribution in [3.05, 3.63) is 161 Å². The number of halogens is 4. The number of H-pyrrole nitrogens is 2. The van der Waals surface area contributed by atoms with Gasteiger partial charge in [-0.05, 0) is 141 Å². The molecule has 0 radical (unpaired) electrons. The predicted molar refractivity (Wildman–Crippen MR) is 236 cm³/mol. The van der Waals surface area contributed by atoms with Crippen molar-refractivity contribution in [2.45, 2.75) is 0 Å². The van der Waals surface area contributed by atoms with E-state index in [1.807, 2.05) is 0 Å². The molecule has 2 N–H and O–H groups in total. The zero-order valence-electron chi connectivity index (χ0n) is 27.3. The van der Waals surface area contributed by atoms with Crippen LogP contribution in [0.4, 0.5) is 0 Å². The van der Waals surface area contributed by atoms with E-state index in [-0.39, 0.29) is 0 Å². The SMILES string of the molecule is Brc1ccc(-c2cccc(-c3cc4cc5nc(c(-c6ccc(Br)cc6)c6ccc([nH]6)c(-c6ccc(Br)cc6)c6nc(c(I)c3[nH]4)C=C6)C=C5)c2)cc1. The summed E-state index contributed by atoms with van der Waals surface area (Å²) in [5.74, 6) is 0. The van der Waals surface area contributed by atoms with Gasteiger partial charge in [-0.15, -0.1) is 0 Å². The van der Waals surface area contributed by atoms with Crippen LogP contribution in [0.2, 0.25) is 0 Å². The molecule has 8 heteroatoms. The molecular formula is C44H26Br3IN4. The van der Waals surface area contributed by atoms with Crippen LogP contribution in [0.15, 0.2) is 135 Å². The monoisotopic (exact) mass is 974 g/mol. The van der Waals surface area contributed by atoms with E-state index in [9.17, 15) is 0 Å². The molecule has 52 heavy (non-hydrogen) atoms. The minimum Gasteiger partial charge on any atom is -0.354 e. The number of aromatic amines is 2. The number of aromatic nitrogens is 4. The van der Waals surface area contributed by atoms with E-state index in [1.165, 1.54) is 0 Å². The van der Waals surface area contributed by atoms with Crippen LogP contribution in [0.5, 0.6) is 0 Å². The second-order valence-corrected chi connectivity index (χ2v) is 16.4. The number of fused-ring (bicyclic) bond motifs is 8. The molecule has 2 aliphatic heterocycles. The van der Waals surface area contributed by atoms with Crippen LogP contribution >= 0.6 is 70.4 Å². The lowest BCUT2D eigenvalue weighted by Crippen LogP contribution is -1.88. The second-order valence-electron chi connectivity index (χ2n) is 12.6. The third-order valence-electron chi connectivity index (χ3n) is 9.24. The van der Waals surface area contributed by atoms with Crippen LogP contribution in [0, 0.1) is 3.57 Å². The van der Waals surface area contributed by atoms with Gasteiger partial charge in [0.05, 0.1) is 31.9 Å². The molecule has 0 spiro atoms. The van der Waals surface area contributed by atoms with Gasteiger partial charge in [0, 0.05) is 46.7 Å². The molecule has 0 aliphatic carbocycles. The summed E-state index contributed by atoms with van der Waals surface area (Å²) in [6, 6.07) is 42.6. The maximum absolute atomic E-state index is 5.30. The smallest absolute Gasteiger partial charge is 0.0792 e. The highest BCUT2D eigenvalue weighted by molar-refractivity contribution is 14.1. The molecule has 4 aromatic carbocycles. The zero-order chi connectivity index (χ0) is 35.3. The molecule has 0 atom stereocenters. The first-order chi connectivity index (χ1) is 25.4. The molecule has 8 bridgehead atoms. The van der Waals surface area contributed by atoms with Gasteiger partial charge in [0.25, 0.3) is 0 Å². The Labute approximate surface area is 339 Å². The van der Waals surface area contributed by atoms with Gasteiger partial charge in [-0.1, -0.05) is 102 Å². The van der Waals surface area contributed by atoms with Gasteiger partial charge in [-0.25, -0.2) is 9.97 Å². The molecular weight excluding hydrogens is 951 g/mol. The van der Waals surface area contributed by atoms with Crippen LogP contribution in [0.3, 0.4) is 0 Å². The fraction of sp³-hybridized carbons (Fsp3) is 0. The lowest BCUT2D eigenvalue weighted by molar-refractivity contribution is 1.30. The van der Waals surface area contributed by atoms with Crippen LogP contribution < -0.4 is 0 Å². The van der Waals surface area contributed by atoms with Gasteiger partial charge in [-0.3, -0.25) is 0 Å². The molecule has 0 saturated carbocycles. The number of benzene rings is 4. The molecule has 0 saturated heterocycles. The molecule has 4 nitrogen and oxygen atoms in total. The fourth-order valence-electron chi connectivity index (χ4n) is 6.77. The lowest BCUT2D eigenvalue weighted by Gasteiger charge is -2.06. The van der Waals surface area contributed by atoms with E-state index in [4.69, 9.17) is 9.97 Å². The fourth-order valence-corrected chi connectivity index (χ4v) is 8.29. The summed E-state index contributed by atoms with van der Waals surface area (Å²) in [6.07, 6.45) is 8.43. The van der Waals surface area contributed by atoms with E-state index >= 15 is 0 Å². The standard InChI is InChI=1S/C44H26Br3IN4/c45-30-10-4-25(5-11-30)28-2-1-3-29(22-28)35-24-34-23-33-16-17-36(49-33)41(26-6-12-31(46)13-7-26)37-18-19-38(51-37)42(27-8-14-32(47)15-9-27)39-20-21-40(52-39)43(48)44(35)50-34/h1-24,50-51H. The van der Waals surface area contributed by atoms with Crippen LogP contribution in [0.1, 0.15) is 22.8 Å². The maximum Gasteiger partial charge on any atom is 0.0792 e. The molecule has 9 rings (SSSR count). The van der Waals surface area contributed by atoms with Crippen molar-refractivity contribution in [3.63, 3.8) is 0 Å². The molecule has 0 amide bonds. The molecule has 7 aromatic rings. The number of rotatable bonds is 4.